The van der Waals surface area contributed by atoms with Gasteiger partial charge in [-0.25, -0.2) is 0 Å². The summed E-state index contributed by atoms with van der Waals surface area (Å²) < 4.78 is 10.8. The Hall–Kier alpha value is -1.26. The third kappa shape index (κ3) is 5.18. The first-order valence-electron chi connectivity index (χ1n) is 7.97. The first kappa shape index (κ1) is 17.1. The lowest BCUT2D eigenvalue weighted by atomic mass is 9.98. The highest BCUT2D eigenvalue weighted by Gasteiger charge is 2.26. The Morgan fingerprint density at radius 1 is 1.41 bits per heavy atom. The van der Waals surface area contributed by atoms with Gasteiger partial charge in [-0.2, -0.15) is 0 Å². The van der Waals surface area contributed by atoms with E-state index >= 15 is 0 Å². The van der Waals surface area contributed by atoms with Crippen molar-refractivity contribution in [1.82, 2.24) is 4.90 Å². The topological polar surface area (TPSA) is 38.8 Å². The zero-order valence-corrected chi connectivity index (χ0v) is 13.8. The summed E-state index contributed by atoms with van der Waals surface area (Å²) in [4.78, 5) is 14.1. The molecule has 1 fully saturated rings. The molecule has 5 heteroatoms. The number of rotatable bonds is 7. The summed E-state index contributed by atoms with van der Waals surface area (Å²) in [6.45, 7) is 5.71. The number of halogens is 1. The maximum absolute atomic E-state index is 11.8. The van der Waals surface area contributed by atoms with E-state index in [1.165, 1.54) is 0 Å². The molecule has 0 amide bonds. The third-order valence-electron chi connectivity index (χ3n) is 3.84. The van der Waals surface area contributed by atoms with E-state index in [4.69, 9.17) is 21.1 Å². The Bertz CT molecular complexity index is 481. The van der Waals surface area contributed by atoms with Crippen LogP contribution in [0, 0.1) is 5.92 Å². The first-order valence-corrected chi connectivity index (χ1v) is 8.34. The molecule has 1 aromatic rings. The van der Waals surface area contributed by atoms with E-state index in [0.29, 0.717) is 18.2 Å². The monoisotopic (exact) mass is 325 g/mol. The fraction of sp³-hybridized carbons (Fsp3) is 0.588. The van der Waals surface area contributed by atoms with Crippen LogP contribution in [0.4, 0.5) is 0 Å². The molecule has 1 saturated heterocycles. The number of likely N-dealkylation sites (tertiary alicyclic amines) is 1. The number of benzene rings is 1. The second-order valence-electron chi connectivity index (χ2n) is 5.52. The quantitative estimate of drug-likeness (QED) is 0.569. The minimum absolute atomic E-state index is 0.0261. The smallest absolute Gasteiger partial charge is 0.310 e. The van der Waals surface area contributed by atoms with Crippen molar-refractivity contribution in [3.63, 3.8) is 0 Å². The van der Waals surface area contributed by atoms with E-state index in [-0.39, 0.29) is 11.9 Å². The molecule has 1 aliphatic heterocycles. The van der Waals surface area contributed by atoms with Crippen molar-refractivity contribution in [1.29, 1.82) is 0 Å². The standard InChI is InChI=1S/C17H24ClNO3/c1-2-21-17(20)14-7-5-10-19(13-14)11-6-12-22-16-9-4-3-8-15(16)18/h3-4,8-9,14H,2,5-7,10-13H2,1H3. The van der Waals surface area contributed by atoms with Crippen LogP contribution in [-0.2, 0) is 9.53 Å². The largest absolute Gasteiger partial charge is 0.492 e. The number of carbonyl (C=O) groups is 1. The number of hydrogen-bond acceptors (Lipinski definition) is 4. The summed E-state index contributed by atoms with van der Waals surface area (Å²) in [6, 6.07) is 7.50. The highest BCUT2D eigenvalue weighted by atomic mass is 35.5. The SMILES string of the molecule is CCOC(=O)C1CCCN(CCCOc2ccccc2Cl)C1. The molecule has 0 aromatic heterocycles. The zero-order valence-electron chi connectivity index (χ0n) is 13.1. The van der Waals surface area contributed by atoms with Crippen molar-refractivity contribution in [2.75, 3.05) is 32.8 Å². The summed E-state index contributed by atoms with van der Waals surface area (Å²) in [5.41, 5.74) is 0. The van der Waals surface area contributed by atoms with E-state index in [1.54, 1.807) is 0 Å². The van der Waals surface area contributed by atoms with Crippen molar-refractivity contribution in [2.45, 2.75) is 26.2 Å². The molecule has 1 atom stereocenters. The Morgan fingerprint density at radius 2 is 2.23 bits per heavy atom. The van der Waals surface area contributed by atoms with Crippen LogP contribution in [0.2, 0.25) is 5.02 Å². The number of piperidine rings is 1. The number of nitrogens with zero attached hydrogens (tertiary/aromatic N) is 1. The van der Waals surface area contributed by atoms with Crippen LogP contribution in [0.15, 0.2) is 24.3 Å². The van der Waals surface area contributed by atoms with Crippen LogP contribution in [0.3, 0.4) is 0 Å². The maximum Gasteiger partial charge on any atom is 0.310 e. The number of carbonyl (C=O) groups excluding carboxylic acids is 1. The van der Waals surface area contributed by atoms with Crippen molar-refractivity contribution >= 4 is 17.6 Å². The fourth-order valence-corrected chi connectivity index (χ4v) is 2.93. The molecular formula is C17H24ClNO3. The molecule has 122 valence electrons. The summed E-state index contributed by atoms with van der Waals surface area (Å²) in [5.74, 6) is 0.699. The average Bonchev–Trinajstić information content (AvgIpc) is 2.54. The molecule has 0 bridgehead atoms. The minimum atomic E-state index is -0.0560. The third-order valence-corrected chi connectivity index (χ3v) is 4.15. The molecule has 0 radical (unpaired) electrons. The van der Waals surface area contributed by atoms with Crippen molar-refractivity contribution in [3.8, 4) is 5.75 Å². The molecule has 1 aliphatic rings. The van der Waals surface area contributed by atoms with Gasteiger partial charge >= 0.3 is 5.97 Å². The zero-order chi connectivity index (χ0) is 15.8. The lowest BCUT2D eigenvalue weighted by Crippen LogP contribution is -2.40. The molecule has 22 heavy (non-hydrogen) atoms. The van der Waals surface area contributed by atoms with E-state index in [1.807, 2.05) is 31.2 Å². The van der Waals surface area contributed by atoms with Gasteiger partial charge < -0.3 is 14.4 Å². The van der Waals surface area contributed by atoms with Crippen LogP contribution in [0.25, 0.3) is 0 Å². The van der Waals surface area contributed by atoms with Gasteiger partial charge in [-0.15, -0.1) is 0 Å². The summed E-state index contributed by atoms with van der Waals surface area (Å²) >= 11 is 6.05. The lowest BCUT2D eigenvalue weighted by molar-refractivity contribution is -0.149. The summed E-state index contributed by atoms with van der Waals surface area (Å²) in [5, 5.41) is 0.642. The molecule has 1 unspecified atom stereocenters. The number of esters is 1. The van der Waals surface area contributed by atoms with E-state index < -0.39 is 0 Å². The second kappa shape index (κ2) is 9.01. The molecule has 0 spiro atoms. The Balaban J connectivity index is 1.68. The molecule has 4 nitrogen and oxygen atoms in total. The van der Waals surface area contributed by atoms with Crippen LogP contribution in [-0.4, -0.2) is 43.7 Å². The van der Waals surface area contributed by atoms with Crippen molar-refractivity contribution in [2.24, 2.45) is 5.92 Å². The Morgan fingerprint density at radius 3 is 3.00 bits per heavy atom. The molecule has 0 N–H and O–H groups in total. The van der Waals surface area contributed by atoms with Gasteiger partial charge in [0.15, 0.2) is 0 Å². The van der Waals surface area contributed by atoms with E-state index in [2.05, 4.69) is 4.90 Å². The summed E-state index contributed by atoms with van der Waals surface area (Å²) in [7, 11) is 0. The van der Waals surface area contributed by atoms with Crippen molar-refractivity contribution < 1.29 is 14.3 Å². The molecule has 0 aliphatic carbocycles. The van der Waals surface area contributed by atoms with Crippen LogP contribution < -0.4 is 4.74 Å². The van der Waals surface area contributed by atoms with Gasteiger partial charge in [-0.1, -0.05) is 23.7 Å². The maximum atomic E-state index is 11.8. The minimum Gasteiger partial charge on any atom is -0.492 e. The van der Waals surface area contributed by atoms with Crippen LogP contribution >= 0.6 is 11.6 Å². The lowest BCUT2D eigenvalue weighted by Gasteiger charge is -2.31. The normalized spacial score (nSPS) is 18.9. The van der Waals surface area contributed by atoms with E-state index in [9.17, 15) is 4.79 Å². The van der Waals surface area contributed by atoms with Gasteiger partial charge in [0.2, 0.25) is 0 Å². The van der Waals surface area contributed by atoms with Crippen LogP contribution in [0.5, 0.6) is 5.75 Å². The van der Waals surface area contributed by atoms with Gasteiger partial charge in [0, 0.05) is 13.1 Å². The Labute approximate surface area is 137 Å². The van der Waals surface area contributed by atoms with Crippen molar-refractivity contribution in [3.05, 3.63) is 29.3 Å². The first-order chi connectivity index (χ1) is 10.7. The molecule has 2 rings (SSSR count). The predicted molar refractivity (Wildman–Crippen MR) is 87.4 cm³/mol. The summed E-state index contributed by atoms with van der Waals surface area (Å²) in [6.07, 6.45) is 2.90. The number of para-hydroxylation sites is 1. The van der Waals surface area contributed by atoms with Crippen LogP contribution in [0.1, 0.15) is 26.2 Å². The molecule has 0 saturated carbocycles. The van der Waals surface area contributed by atoms with Gasteiger partial charge in [0.25, 0.3) is 0 Å². The molecule has 1 aromatic carbocycles. The van der Waals surface area contributed by atoms with E-state index in [0.717, 1.165) is 44.6 Å². The predicted octanol–water partition coefficient (Wildman–Crippen LogP) is 3.38. The molecular weight excluding hydrogens is 302 g/mol. The van der Waals surface area contributed by atoms with Gasteiger partial charge in [-0.05, 0) is 44.9 Å². The average molecular weight is 326 g/mol. The van der Waals surface area contributed by atoms with Gasteiger partial charge in [-0.3, -0.25) is 4.79 Å². The fourth-order valence-electron chi connectivity index (χ4n) is 2.74. The highest BCUT2D eigenvalue weighted by Crippen LogP contribution is 2.23. The number of ether oxygens (including phenoxy) is 2. The number of hydrogen-bond donors (Lipinski definition) is 0. The Kier molecular flexibility index (Phi) is 7.00. The van der Waals surface area contributed by atoms with Gasteiger partial charge in [0.05, 0.1) is 24.2 Å². The highest BCUT2D eigenvalue weighted by molar-refractivity contribution is 6.32. The molecule has 1 heterocycles. The second-order valence-corrected chi connectivity index (χ2v) is 5.93. The van der Waals surface area contributed by atoms with Gasteiger partial charge in [0.1, 0.15) is 5.75 Å².